The van der Waals surface area contributed by atoms with Gasteiger partial charge in [-0.1, -0.05) is 71.2 Å². The molecule has 0 heterocycles. The average molecular weight is 278 g/mol. The first-order chi connectivity index (χ1) is 9.33. The summed E-state index contributed by atoms with van der Waals surface area (Å²) >= 11 is 0. The fourth-order valence-electron chi connectivity index (χ4n) is 0.878. The SMILES string of the molecule is C=C(/C=C\C(=C)C(=C)/C(F)=C\C(=C)OC)CC.CCC. The van der Waals surface area contributed by atoms with Gasteiger partial charge in [0, 0.05) is 11.6 Å². The molecule has 0 atom stereocenters. The molecule has 0 aliphatic rings. The normalized spacial score (nSPS) is 10.6. The van der Waals surface area contributed by atoms with Gasteiger partial charge in [0.1, 0.15) is 11.6 Å². The van der Waals surface area contributed by atoms with Gasteiger partial charge in [-0.3, -0.25) is 0 Å². The van der Waals surface area contributed by atoms with Crippen molar-refractivity contribution in [2.24, 2.45) is 0 Å². The van der Waals surface area contributed by atoms with E-state index < -0.39 is 5.83 Å². The fourth-order valence-corrected chi connectivity index (χ4v) is 0.878. The Hall–Kier alpha value is -1.83. The average Bonchev–Trinajstić information content (AvgIpc) is 2.43. The number of ether oxygens (including phenoxy) is 1. The third-order valence-electron chi connectivity index (χ3n) is 2.20. The molecule has 1 nitrogen and oxygen atoms in total. The van der Waals surface area contributed by atoms with Gasteiger partial charge in [-0.15, -0.1) is 0 Å². The minimum absolute atomic E-state index is 0.211. The van der Waals surface area contributed by atoms with Gasteiger partial charge in [-0.25, -0.2) is 4.39 Å². The molecular weight excluding hydrogens is 251 g/mol. The standard InChI is InChI=1S/C15H19FO.C3H8/c1-7-11(2)8-9-12(3)14(5)15(16)10-13(4)17-6;1-3-2/h8-10H,2-5,7H2,1,6H3;3H2,1-2H3/b9-8-,15-10+;. The highest BCUT2D eigenvalue weighted by Gasteiger charge is 2.04. The van der Waals surface area contributed by atoms with Crippen LogP contribution in [0.1, 0.15) is 33.6 Å². The molecule has 0 saturated carbocycles. The van der Waals surface area contributed by atoms with Crippen LogP contribution in [-0.2, 0) is 4.74 Å². The summed E-state index contributed by atoms with van der Waals surface area (Å²) in [7, 11) is 1.43. The highest BCUT2D eigenvalue weighted by Crippen LogP contribution is 2.20. The predicted molar refractivity (Wildman–Crippen MR) is 88.2 cm³/mol. The van der Waals surface area contributed by atoms with E-state index in [2.05, 4.69) is 40.2 Å². The predicted octanol–water partition coefficient (Wildman–Crippen LogP) is 6.05. The molecule has 0 spiro atoms. The third kappa shape index (κ3) is 10.1. The molecule has 0 amide bonds. The monoisotopic (exact) mass is 278 g/mol. The van der Waals surface area contributed by atoms with Gasteiger partial charge < -0.3 is 4.74 Å². The maximum absolute atomic E-state index is 13.6. The lowest BCUT2D eigenvalue weighted by molar-refractivity contribution is 0.307. The highest BCUT2D eigenvalue weighted by atomic mass is 19.1. The Morgan fingerprint density at radius 1 is 1.05 bits per heavy atom. The largest absolute Gasteiger partial charge is 0.497 e. The molecule has 0 rings (SSSR count). The minimum Gasteiger partial charge on any atom is -0.497 e. The maximum atomic E-state index is 13.6. The molecule has 0 saturated heterocycles. The molecule has 2 heteroatoms. The van der Waals surface area contributed by atoms with Crippen molar-refractivity contribution >= 4 is 0 Å². The molecule has 0 fully saturated rings. The summed E-state index contributed by atoms with van der Waals surface area (Å²) in [6.07, 6.45) is 6.76. The van der Waals surface area contributed by atoms with Crippen molar-refractivity contribution in [2.75, 3.05) is 7.11 Å². The Morgan fingerprint density at radius 2 is 1.55 bits per heavy atom. The van der Waals surface area contributed by atoms with Crippen LogP contribution >= 0.6 is 0 Å². The van der Waals surface area contributed by atoms with Gasteiger partial charge in [0.15, 0.2) is 0 Å². The van der Waals surface area contributed by atoms with Crippen LogP contribution in [0, 0.1) is 0 Å². The van der Waals surface area contributed by atoms with Crippen LogP contribution in [0.25, 0.3) is 0 Å². The molecule has 0 N–H and O–H groups in total. The van der Waals surface area contributed by atoms with E-state index in [1.807, 2.05) is 6.92 Å². The van der Waals surface area contributed by atoms with Crippen LogP contribution < -0.4 is 0 Å². The van der Waals surface area contributed by atoms with Crippen LogP contribution in [0.2, 0.25) is 0 Å². The molecule has 0 bridgehead atoms. The van der Waals surface area contributed by atoms with Crippen molar-refractivity contribution in [3.8, 4) is 0 Å². The summed E-state index contributed by atoms with van der Waals surface area (Å²) in [6, 6.07) is 0. The van der Waals surface area contributed by atoms with E-state index in [9.17, 15) is 4.39 Å². The molecule has 0 aromatic heterocycles. The van der Waals surface area contributed by atoms with E-state index in [4.69, 9.17) is 4.74 Å². The quantitative estimate of drug-likeness (QED) is 0.407. The number of hydrogen-bond donors (Lipinski definition) is 0. The second-order valence-corrected chi connectivity index (χ2v) is 4.22. The summed E-state index contributed by atoms with van der Waals surface area (Å²) < 4.78 is 18.3. The zero-order valence-electron chi connectivity index (χ0n) is 13.3. The zero-order valence-corrected chi connectivity index (χ0v) is 13.3. The Balaban J connectivity index is 0. The van der Waals surface area contributed by atoms with E-state index in [1.54, 1.807) is 12.2 Å². The molecule has 0 unspecified atom stereocenters. The van der Waals surface area contributed by atoms with E-state index in [-0.39, 0.29) is 11.3 Å². The van der Waals surface area contributed by atoms with Gasteiger partial charge >= 0.3 is 0 Å². The summed E-state index contributed by atoms with van der Waals surface area (Å²) in [6.45, 7) is 20.9. The summed E-state index contributed by atoms with van der Waals surface area (Å²) in [5.74, 6) is -0.271. The van der Waals surface area contributed by atoms with E-state index in [0.29, 0.717) is 5.57 Å². The first-order valence-corrected chi connectivity index (χ1v) is 6.68. The number of hydrogen-bond acceptors (Lipinski definition) is 1. The van der Waals surface area contributed by atoms with Crippen LogP contribution in [0.15, 0.2) is 72.8 Å². The van der Waals surface area contributed by atoms with Gasteiger partial charge in [0.05, 0.1) is 7.11 Å². The van der Waals surface area contributed by atoms with E-state index in [0.717, 1.165) is 12.0 Å². The number of rotatable bonds is 7. The summed E-state index contributed by atoms with van der Waals surface area (Å²) in [5, 5.41) is 0. The Bertz CT molecular complexity index is 411. The van der Waals surface area contributed by atoms with Crippen LogP contribution in [0.5, 0.6) is 0 Å². The highest BCUT2D eigenvalue weighted by molar-refractivity contribution is 5.48. The molecule has 20 heavy (non-hydrogen) atoms. The molecule has 112 valence electrons. The fraction of sp³-hybridized carbons (Fsp3) is 0.333. The number of halogens is 1. The second-order valence-electron chi connectivity index (χ2n) is 4.22. The molecule has 0 aromatic carbocycles. The van der Waals surface area contributed by atoms with Crippen molar-refractivity contribution in [2.45, 2.75) is 33.6 Å². The summed E-state index contributed by atoms with van der Waals surface area (Å²) in [5.41, 5.74) is 1.66. The molecule has 0 radical (unpaired) electrons. The van der Waals surface area contributed by atoms with Crippen LogP contribution in [0.3, 0.4) is 0 Å². The Morgan fingerprint density at radius 3 is 1.95 bits per heavy atom. The zero-order chi connectivity index (χ0) is 16.1. The molecular formula is C18H27FO. The van der Waals surface area contributed by atoms with Gasteiger partial charge in [-0.05, 0) is 12.0 Å². The van der Waals surface area contributed by atoms with Gasteiger partial charge in [-0.2, -0.15) is 0 Å². The van der Waals surface area contributed by atoms with Crippen molar-refractivity contribution in [3.05, 3.63) is 72.8 Å². The van der Waals surface area contributed by atoms with Gasteiger partial charge in [0.2, 0.25) is 0 Å². The van der Waals surface area contributed by atoms with Crippen LogP contribution in [-0.4, -0.2) is 7.11 Å². The molecule has 0 aliphatic heterocycles. The second kappa shape index (κ2) is 12.2. The van der Waals surface area contributed by atoms with Crippen LogP contribution in [0.4, 0.5) is 4.39 Å². The lowest BCUT2D eigenvalue weighted by Crippen LogP contribution is -1.87. The van der Waals surface area contributed by atoms with Crippen molar-refractivity contribution in [1.82, 2.24) is 0 Å². The summed E-state index contributed by atoms with van der Waals surface area (Å²) in [4.78, 5) is 0. The lowest BCUT2D eigenvalue weighted by atomic mass is 10.1. The first kappa shape index (κ1) is 20.5. The topological polar surface area (TPSA) is 9.23 Å². The van der Waals surface area contributed by atoms with E-state index >= 15 is 0 Å². The van der Waals surface area contributed by atoms with Crippen molar-refractivity contribution in [1.29, 1.82) is 0 Å². The molecule has 0 aromatic rings. The Kier molecular flexibility index (Phi) is 12.5. The smallest absolute Gasteiger partial charge is 0.134 e. The minimum atomic E-state index is -0.506. The van der Waals surface area contributed by atoms with Crippen molar-refractivity contribution < 1.29 is 9.13 Å². The van der Waals surface area contributed by atoms with E-state index in [1.165, 1.54) is 19.6 Å². The van der Waals surface area contributed by atoms with Crippen molar-refractivity contribution in [3.63, 3.8) is 0 Å². The van der Waals surface area contributed by atoms with Gasteiger partial charge in [0.25, 0.3) is 0 Å². The maximum Gasteiger partial charge on any atom is 0.134 e. The number of methoxy groups -OCH3 is 1. The lowest BCUT2D eigenvalue weighted by Gasteiger charge is -2.04. The molecule has 0 aliphatic carbocycles. The number of allylic oxidation sites excluding steroid dienone is 7. The Labute approximate surface area is 123 Å². The first-order valence-electron chi connectivity index (χ1n) is 6.68. The third-order valence-corrected chi connectivity index (χ3v) is 2.20.